The highest BCUT2D eigenvalue weighted by Gasteiger charge is 2.33. The van der Waals surface area contributed by atoms with Gasteiger partial charge in [0.15, 0.2) is 11.5 Å². The Morgan fingerprint density at radius 1 is 1.33 bits per heavy atom. The molecule has 0 saturated carbocycles. The highest BCUT2D eigenvalue weighted by atomic mass is 16.5. The monoisotopic (exact) mass is 333 g/mol. The third-order valence-electron chi connectivity index (χ3n) is 4.22. The van der Waals surface area contributed by atoms with Gasteiger partial charge in [-0.05, 0) is 37.8 Å². The van der Waals surface area contributed by atoms with Gasteiger partial charge in [0.05, 0.1) is 14.2 Å². The predicted molar refractivity (Wildman–Crippen MR) is 89.8 cm³/mol. The van der Waals surface area contributed by atoms with E-state index in [1.165, 1.54) is 19.1 Å². The lowest BCUT2D eigenvalue weighted by atomic mass is 9.99. The summed E-state index contributed by atoms with van der Waals surface area (Å²) in [5.74, 6) is -0.255. The molecule has 1 atom stereocenters. The Morgan fingerprint density at radius 3 is 2.67 bits per heavy atom. The van der Waals surface area contributed by atoms with Gasteiger partial charge in [-0.15, -0.1) is 6.58 Å². The fraction of sp³-hybridized carbons (Fsp3) is 0.444. The SMILES string of the molecule is C=CCc1cc(C(=O)N2CCCCC2C(=O)O)cc(OC)c1OC. The molecule has 1 aliphatic rings. The molecule has 1 N–H and O–H groups in total. The van der Waals surface area contributed by atoms with Gasteiger partial charge in [-0.2, -0.15) is 0 Å². The Labute approximate surface area is 141 Å². The largest absolute Gasteiger partial charge is 0.493 e. The van der Waals surface area contributed by atoms with Crippen molar-refractivity contribution < 1.29 is 24.2 Å². The quantitative estimate of drug-likeness (QED) is 0.810. The van der Waals surface area contributed by atoms with Crippen LogP contribution in [0, 0.1) is 0 Å². The van der Waals surface area contributed by atoms with Gasteiger partial charge in [-0.25, -0.2) is 4.79 Å². The van der Waals surface area contributed by atoms with Gasteiger partial charge >= 0.3 is 5.97 Å². The number of likely N-dealkylation sites (tertiary alicyclic amines) is 1. The van der Waals surface area contributed by atoms with Crippen LogP contribution in [0.3, 0.4) is 0 Å². The molecule has 1 aromatic rings. The van der Waals surface area contributed by atoms with E-state index in [9.17, 15) is 14.7 Å². The lowest BCUT2D eigenvalue weighted by molar-refractivity contribution is -0.143. The number of nitrogens with zero attached hydrogens (tertiary/aromatic N) is 1. The maximum absolute atomic E-state index is 12.9. The Kier molecular flexibility index (Phi) is 5.84. The van der Waals surface area contributed by atoms with Gasteiger partial charge in [-0.1, -0.05) is 6.08 Å². The summed E-state index contributed by atoms with van der Waals surface area (Å²) >= 11 is 0. The normalized spacial score (nSPS) is 17.2. The summed E-state index contributed by atoms with van der Waals surface area (Å²) < 4.78 is 10.7. The van der Waals surface area contributed by atoms with Crippen molar-refractivity contribution >= 4 is 11.9 Å². The van der Waals surface area contributed by atoms with Crippen LogP contribution in [0.5, 0.6) is 11.5 Å². The number of carbonyl (C=O) groups excluding carboxylic acids is 1. The third-order valence-corrected chi connectivity index (χ3v) is 4.22. The first-order valence-corrected chi connectivity index (χ1v) is 7.93. The predicted octanol–water partition coefficient (Wildman–Crippen LogP) is 2.51. The van der Waals surface area contributed by atoms with E-state index >= 15 is 0 Å². The molecule has 0 bridgehead atoms. The highest BCUT2D eigenvalue weighted by molar-refractivity contribution is 5.97. The van der Waals surface area contributed by atoms with Gasteiger partial charge < -0.3 is 19.5 Å². The van der Waals surface area contributed by atoms with Crippen LogP contribution in [0.15, 0.2) is 24.8 Å². The van der Waals surface area contributed by atoms with Gasteiger partial charge in [0.1, 0.15) is 6.04 Å². The molecule has 0 aliphatic carbocycles. The van der Waals surface area contributed by atoms with Crippen LogP contribution in [0.4, 0.5) is 0 Å². The fourth-order valence-corrected chi connectivity index (χ4v) is 3.07. The summed E-state index contributed by atoms with van der Waals surface area (Å²) in [7, 11) is 3.04. The zero-order chi connectivity index (χ0) is 17.7. The summed E-state index contributed by atoms with van der Waals surface area (Å²) in [6, 6.07) is 2.54. The van der Waals surface area contributed by atoms with Crippen molar-refractivity contribution in [2.75, 3.05) is 20.8 Å². The minimum atomic E-state index is -0.963. The van der Waals surface area contributed by atoms with Crippen molar-refractivity contribution in [2.45, 2.75) is 31.7 Å². The minimum Gasteiger partial charge on any atom is -0.493 e. The molecule has 0 spiro atoms. The molecule has 6 heteroatoms. The number of hydrogen-bond donors (Lipinski definition) is 1. The van der Waals surface area contributed by atoms with E-state index in [1.54, 1.807) is 18.2 Å². The Balaban J connectivity index is 2.42. The zero-order valence-corrected chi connectivity index (χ0v) is 14.1. The topological polar surface area (TPSA) is 76.1 Å². The summed E-state index contributed by atoms with van der Waals surface area (Å²) in [5, 5.41) is 9.37. The average molecular weight is 333 g/mol. The molecule has 130 valence electrons. The minimum absolute atomic E-state index is 0.298. The van der Waals surface area contributed by atoms with E-state index < -0.39 is 12.0 Å². The maximum atomic E-state index is 12.9. The molecule has 1 unspecified atom stereocenters. The van der Waals surface area contributed by atoms with Crippen molar-refractivity contribution in [1.29, 1.82) is 0 Å². The fourth-order valence-electron chi connectivity index (χ4n) is 3.07. The first-order chi connectivity index (χ1) is 11.5. The number of carbonyl (C=O) groups is 2. The molecule has 24 heavy (non-hydrogen) atoms. The van der Waals surface area contributed by atoms with Crippen LogP contribution < -0.4 is 9.47 Å². The first kappa shape index (κ1) is 17.8. The summed E-state index contributed by atoms with van der Waals surface area (Å²) in [6.45, 7) is 4.16. The number of piperidine rings is 1. The molecule has 6 nitrogen and oxygen atoms in total. The van der Waals surface area contributed by atoms with Crippen molar-refractivity contribution in [3.8, 4) is 11.5 Å². The number of hydrogen-bond acceptors (Lipinski definition) is 4. The van der Waals surface area contributed by atoms with E-state index in [4.69, 9.17) is 9.47 Å². The Bertz CT molecular complexity index is 641. The second kappa shape index (κ2) is 7.86. The molecule has 1 heterocycles. The van der Waals surface area contributed by atoms with Crippen LogP contribution >= 0.6 is 0 Å². The Hall–Kier alpha value is -2.50. The van der Waals surface area contributed by atoms with Crippen LogP contribution in [-0.2, 0) is 11.2 Å². The maximum Gasteiger partial charge on any atom is 0.326 e. The summed E-state index contributed by atoms with van der Waals surface area (Å²) in [4.78, 5) is 25.8. The molecule has 1 saturated heterocycles. The van der Waals surface area contributed by atoms with Gasteiger partial charge in [0.2, 0.25) is 0 Å². The van der Waals surface area contributed by atoms with Gasteiger partial charge in [0, 0.05) is 17.7 Å². The van der Waals surface area contributed by atoms with Crippen molar-refractivity contribution in [1.82, 2.24) is 4.90 Å². The van der Waals surface area contributed by atoms with E-state index in [1.807, 2.05) is 0 Å². The van der Waals surface area contributed by atoms with E-state index in [0.717, 1.165) is 18.4 Å². The number of carboxylic acid groups (broad SMARTS) is 1. The van der Waals surface area contributed by atoms with Crippen LogP contribution in [0.25, 0.3) is 0 Å². The molecular formula is C18H23NO5. The van der Waals surface area contributed by atoms with Crippen LogP contribution in [-0.4, -0.2) is 48.7 Å². The number of allylic oxidation sites excluding steroid dienone is 1. The number of carboxylic acids is 1. The molecule has 0 radical (unpaired) electrons. The zero-order valence-electron chi connectivity index (χ0n) is 14.1. The second-order valence-electron chi connectivity index (χ2n) is 5.71. The molecule has 1 aromatic carbocycles. The number of benzene rings is 1. The van der Waals surface area contributed by atoms with Crippen molar-refractivity contribution in [2.24, 2.45) is 0 Å². The molecule has 1 aliphatic heterocycles. The second-order valence-corrected chi connectivity index (χ2v) is 5.71. The molecule has 2 rings (SSSR count). The number of ether oxygens (including phenoxy) is 2. The smallest absolute Gasteiger partial charge is 0.326 e. The molecule has 0 aromatic heterocycles. The molecule has 1 amide bonds. The number of rotatable bonds is 6. The van der Waals surface area contributed by atoms with E-state index in [2.05, 4.69) is 6.58 Å². The number of amides is 1. The molecular weight excluding hydrogens is 310 g/mol. The van der Waals surface area contributed by atoms with Crippen LogP contribution in [0.2, 0.25) is 0 Å². The van der Waals surface area contributed by atoms with Gasteiger partial charge in [-0.3, -0.25) is 4.79 Å². The lowest BCUT2D eigenvalue weighted by Gasteiger charge is -2.33. The summed E-state index contributed by atoms with van der Waals surface area (Å²) in [6.07, 6.45) is 4.33. The average Bonchev–Trinajstić information content (AvgIpc) is 2.60. The van der Waals surface area contributed by atoms with Crippen molar-refractivity contribution in [3.05, 3.63) is 35.9 Å². The van der Waals surface area contributed by atoms with Crippen molar-refractivity contribution in [3.63, 3.8) is 0 Å². The highest BCUT2D eigenvalue weighted by Crippen LogP contribution is 2.34. The first-order valence-electron chi connectivity index (χ1n) is 7.93. The van der Waals surface area contributed by atoms with Gasteiger partial charge in [0.25, 0.3) is 5.91 Å². The Morgan fingerprint density at radius 2 is 2.08 bits per heavy atom. The number of aliphatic carboxylic acids is 1. The summed E-state index contributed by atoms with van der Waals surface area (Å²) in [5.41, 5.74) is 1.18. The lowest BCUT2D eigenvalue weighted by Crippen LogP contribution is -2.48. The number of methoxy groups -OCH3 is 2. The third kappa shape index (κ3) is 3.53. The molecule has 1 fully saturated rings. The van der Waals surface area contributed by atoms with E-state index in [-0.39, 0.29) is 5.91 Å². The van der Waals surface area contributed by atoms with E-state index in [0.29, 0.717) is 36.4 Å². The standard InChI is InChI=1S/C18H23NO5/c1-4-7-12-10-13(11-15(23-2)16(12)24-3)17(20)19-9-6-5-8-14(19)18(21)22/h4,10-11,14H,1,5-9H2,2-3H3,(H,21,22). The van der Waals surface area contributed by atoms with Crippen LogP contribution in [0.1, 0.15) is 35.2 Å².